The number of aryl methyl sites for hydroxylation is 1. The summed E-state index contributed by atoms with van der Waals surface area (Å²) in [6, 6.07) is 2.54. The summed E-state index contributed by atoms with van der Waals surface area (Å²) in [6.07, 6.45) is 3.33. The van der Waals surface area contributed by atoms with Crippen LogP contribution in [-0.4, -0.2) is 27.5 Å². The molecule has 3 nitrogen and oxygen atoms in total. The van der Waals surface area contributed by atoms with E-state index in [1.807, 2.05) is 17.8 Å². The van der Waals surface area contributed by atoms with Crippen LogP contribution in [-0.2, 0) is 6.42 Å². The van der Waals surface area contributed by atoms with E-state index in [2.05, 4.69) is 38.1 Å². The summed E-state index contributed by atoms with van der Waals surface area (Å²) in [5, 5.41) is 3.50. The van der Waals surface area contributed by atoms with Crippen LogP contribution in [0.25, 0.3) is 0 Å². The van der Waals surface area contributed by atoms with Gasteiger partial charge in [-0.15, -0.1) is 0 Å². The SMILES string of the molecule is CCc1nc(Br)cc(NC2CCSCC2)n1. The molecule has 0 unspecified atom stereocenters. The lowest BCUT2D eigenvalue weighted by Gasteiger charge is -2.23. The van der Waals surface area contributed by atoms with Crippen LogP contribution in [0, 0.1) is 0 Å². The van der Waals surface area contributed by atoms with Crippen molar-refractivity contribution in [2.75, 3.05) is 16.8 Å². The standard InChI is InChI=1S/C11H16BrN3S/c1-2-10-14-9(12)7-11(15-10)13-8-3-5-16-6-4-8/h7-8H,2-6H2,1H3,(H,13,14,15). The third kappa shape index (κ3) is 3.35. The summed E-state index contributed by atoms with van der Waals surface area (Å²) in [6.45, 7) is 2.07. The third-order valence-corrected chi connectivity index (χ3v) is 4.09. The normalized spacial score (nSPS) is 17.4. The van der Waals surface area contributed by atoms with Crippen molar-refractivity contribution in [3.63, 3.8) is 0 Å². The maximum absolute atomic E-state index is 4.49. The number of anilines is 1. The molecule has 16 heavy (non-hydrogen) atoms. The highest BCUT2D eigenvalue weighted by Crippen LogP contribution is 2.21. The average Bonchev–Trinajstić information content (AvgIpc) is 2.29. The van der Waals surface area contributed by atoms with E-state index in [1.54, 1.807) is 0 Å². The summed E-state index contributed by atoms with van der Waals surface area (Å²) in [5.41, 5.74) is 0. The molecule has 1 aromatic rings. The highest BCUT2D eigenvalue weighted by Gasteiger charge is 2.14. The lowest BCUT2D eigenvalue weighted by molar-refractivity contribution is 0.662. The average molecular weight is 302 g/mol. The van der Waals surface area contributed by atoms with Crippen molar-refractivity contribution in [2.45, 2.75) is 32.2 Å². The second-order valence-electron chi connectivity index (χ2n) is 3.88. The molecular weight excluding hydrogens is 286 g/mol. The highest BCUT2D eigenvalue weighted by atomic mass is 79.9. The first-order valence-electron chi connectivity index (χ1n) is 5.65. The fourth-order valence-corrected chi connectivity index (χ4v) is 3.28. The van der Waals surface area contributed by atoms with Crippen LogP contribution in [0.1, 0.15) is 25.6 Å². The van der Waals surface area contributed by atoms with E-state index in [4.69, 9.17) is 0 Å². The Bertz CT molecular complexity index is 353. The van der Waals surface area contributed by atoms with Crippen molar-refractivity contribution in [1.82, 2.24) is 9.97 Å². The number of thioether (sulfide) groups is 1. The van der Waals surface area contributed by atoms with Crippen molar-refractivity contribution < 1.29 is 0 Å². The fourth-order valence-electron chi connectivity index (χ4n) is 1.75. The summed E-state index contributed by atoms with van der Waals surface area (Å²) >= 11 is 5.46. The zero-order valence-electron chi connectivity index (χ0n) is 9.37. The van der Waals surface area contributed by atoms with Gasteiger partial charge in [0.05, 0.1) is 0 Å². The Balaban J connectivity index is 2.04. The Morgan fingerprint density at radius 2 is 2.19 bits per heavy atom. The summed E-state index contributed by atoms with van der Waals surface area (Å²) < 4.78 is 0.868. The smallest absolute Gasteiger partial charge is 0.131 e. The minimum absolute atomic E-state index is 0.577. The number of nitrogens with one attached hydrogen (secondary N) is 1. The Kier molecular flexibility index (Phi) is 4.46. The molecule has 1 N–H and O–H groups in total. The van der Waals surface area contributed by atoms with Gasteiger partial charge in [-0.3, -0.25) is 0 Å². The number of halogens is 1. The quantitative estimate of drug-likeness (QED) is 0.871. The Morgan fingerprint density at radius 1 is 1.44 bits per heavy atom. The van der Waals surface area contributed by atoms with Gasteiger partial charge >= 0.3 is 0 Å². The molecule has 5 heteroatoms. The number of aromatic nitrogens is 2. The van der Waals surface area contributed by atoms with Gasteiger partial charge in [-0.1, -0.05) is 6.92 Å². The largest absolute Gasteiger partial charge is 0.367 e. The Morgan fingerprint density at radius 3 is 2.88 bits per heavy atom. The molecular formula is C11H16BrN3S. The van der Waals surface area contributed by atoms with Crippen molar-refractivity contribution in [1.29, 1.82) is 0 Å². The van der Waals surface area contributed by atoms with Crippen LogP contribution < -0.4 is 5.32 Å². The molecule has 0 amide bonds. The third-order valence-electron chi connectivity index (χ3n) is 2.63. The van der Waals surface area contributed by atoms with E-state index in [-0.39, 0.29) is 0 Å². The van der Waals surface area contributed by atoms with Crippen LogP contribution in [0.15, 0.2) is 10.7 Å². The van der Waals surface area contributed by atoms with Gasteiger partial charge in [0, 0.05) is 18.5 Å². The molecule has 2 heterocycles. The Hall–Kier alpha value is -0.290. The summed E-state index contributed by atoms with van der Waals surface area (Å²) in [4.78, 5) is 8.79. The van der Waals surface area contributed by atoms with Gasteiger partial charge in [0.2, 0.25) is 0 Å². The van der Waals surface area contributed by atoms with Crippen LogP contribution in [0.2, 0.25) is 0 Å². The first-order valence-corrected chi connectivity index (χ1v) is 7.60. The van der Waals surface area contributed by atoms with Crippen molar-refractivity contribution in [3.8, 4) is 0 Å². The van der Waals surface area contributed by atoms with Gasteiger partial charge in [-0.2, -0.15) is 11.8 Å². The number of nitrogens with zero attached hydrogens (tertiary/aromatic N) is 2. The van der Waals surface area contributed by atoms with E-state index in [1.165, 1.54) is 24.3 Å². The summed E-state index contributed by atoms with van der Waals surface area (Å²) in [5.74, 6) is 4.35. The topological polar surface area (TPSA) is 37.8 Å². The molecule has 0 atom stereocenters. The van der Waals surface area contributed by atoms with Crippen LogP contribution >= 0.6 is 27.7 Å². The van der Waals surface area contributed by atoms with E-state index in [0.717, 1.165) is 22.7 Å². The predicted octanol–water partition coefficient (Wildman–Crippen LogP) is 3.11. The van der Waals surface area contributed by atoms with E-state index >= 15 is 0 Å². The van der Waals surface area contributed by atoms with Crippen molar-refractivity contribution in [2.24, 2.45) is 0 Å². The van der Waals surface area contributed by atoms with Crippen LogP contribution in [0.3, 0.4) is 0 Å². The van der Waals surface area contributed by atoms with Gasteiger partial charge in [0.1, 0.15) is 16.2 Å². The van der Waals surface area contributed by atoms with E-state index in [9.17, 15) is 0 Å². The first-order chi connectivity index (χ1) is 7.78. The molecule has 0 aromatic carbocycles. The zero-order chi connectivity index (χ0) is 11.4. The number of rotatable bonds is 3. The number of hydrogen-bond donors (Lipinski definition) is 1. The van der Waals surface area contributed by atoms with E-state index < -0.39 is 0 Å². The molecule has 1 aliphatic rings. The maximum atomic E-state index is 4.49. The van der Waals surface area contributed by atoms with Crippen molar-refractivity contribution in [3.05, 3.63) is 16.5 Å². The minimum atomic E-state index is 0.577. The van der Waals surface area contributed by atoms with Crippen LogP contribution in [0.5, 0.6) is 0 Å². The second kappa shape index (κ2) is 5.87. The zero-order valence-corrected chi connectivity index (χ0v) is 11.8. The number of hydrogen-bond acceptors (Lipinski definition) is 4. The first kappa shape index (κ1) is 12.2. The highest BCUT2D eigenvalue weighted by molar-refractivity contribution is 9.10. The molecule has 0 spiro atoms. The lowest BCUT2D eigenvalue weighted by Crippen LogP contribution is -2.25. The molecule has 0 bridgehead atoms. The predicted molar refractivity (Wildman–Crippen MR) is 73.1 cm³/mol. The molecule has 1 aliphatic heterocycles. The fraction of sp³-hybridized carbons (Fsp3) is 0.636. The second-order valence-corrected chi connectivity index (χ2v) is 5.91. The summed E-state index contributed by atoms with van der Waals surface area (Å²) in [7, 11) is 0. The molecule has 88 valence electrons. The molecule has 2 rings (SSSR count). The molecule has 0 radical (unpaired) electrons. The molecule has 0 saturated carbocycles. The maximum Gasteiger partial charge on any atom is 0.131 e. The van der Waals surface area contributed by atoms with Gasteiger partial charge in [0.25, 0.3) is 0 Å². The van der Waals surface area contributed by atoms with Crippen molar-refractivity contribution >= 4 is 33.5 Å². The monoisotopic (exact) mass is 301 g/mol. The molecule has 1 aromatic heterocycles. The van der Waals surface area contributed by atoms with Gasteiger partial charge < -0.3 is 5.32 Å². The molecule has 1 saturated heterocycles. The van der Waals surface area contributed by atoms with Gasteiger partial charge in [0.15, 0.2) is 0 Å². The minimum Gasteiger partial charge on any atom is -0.367 e. The molecule has 0 aliphatic carbocycles. The Labute approximate surface area is 109 Å². The molecule has 1 fully saturated rings. The van der Waals surface area contributed by atoms with Crippen LogP contribution in [0.4, 0.5) is 5.82 Å². The van der Waals surface area contributed by atoms with Gasteiger partial charge in [-0.05, 0) is 40.3 Å². The lowest BCUT2D eigenvalue weighted by atomic mass is 10.1. The van der Waals surface area contributed by atoms with E-state index in [0.29, 0.717) is 6.04 Å². The van der Waals surface area contributed by atoms with Gasteiger partial charge in [-0.25, -0.2) is 9.97 Å².